The van der Waals surface area contributed by atoms with E-state index in [-0.39, 0.29) is 0 Å². The molecule has 0 atom stereocenters. The lowest BCUT2D eigenvalue weighted by molar-refractivity contribution is 0.122. The number of rotatable bonds is 4. The Labute approximate surface area is 176 Å². The number of aryl methyl sites for hydroxylation is 1. The summed E-state index contributed by atoms with van der Waals surface area (Å²) in [6, 6.07) is 23.3. The van der Waals surface area contributed by atoms with Gasteiger partial charge in [0.15, 0.2) is 0 Å². The van der Waals surface area contributed by atoms with Crippen LogP contribution in [0.1, 0.15) is 5.56 Å². The van der Waals surface area contributed by atoms with Crippen LogP contribution in [0.2, 0.25) is 0 Å². The molecule has 1 aliphatic rings. The van der Waals surface area contributed by atoms with Crippen LogP contribution in [0.15, 0.2) is 73.1 Å². The molecule has 2 heterocycles. The second kappa shape index (κ2) is 8.13. The third kappa shape index (κ3) is 3.72. The SMILES string of the molecule is Cc1ccccc1-c1ccc2ncnc(Nc3ccc(N4CCOCC4)cc3)c2c1. The van der Waals surface area contributed by atoms with Crippen molar-refractivity contribution < 1.29 is 4.74 Å². The average Bonchev–Trinajstić information content (AvgIpc) is 2.80. The number of hydrogen-bond donors (Lipinski definition) is 1. The zero-order valence-electron chi connectivity index (χ0n) is 17.0. The summed E-state index contributed by atoms with van der Waals surface area (Å²) in [5.74, 6) is 0.814. The molecule has 5 nitrogen and oxygen atoms in total. The fourth-order valence-electron chi connectivity index (χ4n) is 3.93. The summed E-state index contributed by atoms with van der Waals surface area (Å²) in [6.07, 6.45) is 1.61. The fourth-order valence-corrected chi connectivity index (χ4v) is 3.93. The van der Waals surface area contributed by atoms with E-state index in [2.05, 4.69) is 93.8 Å². The maximum absolute atomic E-state index is 5.45. The molecule has 1 N–H and O–H groups in total. The lowest BCUT2D eigenvalue weighted by Gasteiger charge is -2.28. The van der Waals surface area contributed by atoms with Gasteiger partial charge in [0, 0.05) is 29.9 Å². The Bertz CT molecular complexity index is 1170. The standard InChI is InChI=1S/C25H24N4O/c1-18-4-2-3-5-22(18)19-6-11-24-23(16-19)25(27-17-26-24)28-20-7-9-21(10-8-20)29-12-14-30-15-13-29/h2-11,16-17H,12-15H2,1H3,(H,26,27,28). The van der Waals surface area contributed by atoms with Crippen LogP contribution in [-0.4, -0.2) is 36.3 Å². The first-order valence-electron chi connectivity index (χ1n) is 10.3. The monoisotopic (exact) mass is 396 g/mol. The molecule has 0 radical (unpaired) electrons. The van der Waals surface area contributed by atoms with Crippen molar-refractivity contribution in [2.45, 2.75) is 6.92 Å². The molecule has 150 valence electrons. The Balaban J connectivity index is 1.45. The Hall–Kier alpha value is -3.44. The van der Waals surface area contributed by atoms with Crippen molar-refractivity contribution in [1.82, 2.24) is 9.97 Å². The third-order valence-corrected chi connectivity index (χ3v) is 5.60. The second-order valence-corrected chi connectivity index (χ2v) is 7.54. The molecule has 0 aliphatic carbocycles. The number of morpholine rings is 1. The first-order valence-corrected chi connectivity index (χ1v) is 10.3. The highest BCUT2D eigenvalue weighted by Gasteiger charge is 2.12. The highest BCUT2D eigenvalue weighted by atomic mass is 16.5. The van der Waals surface area contributed by atoms with Gasteiger partial charge in [0.25, 0.3) is 0 Å². The topological polar surface area (TPSA) is 50.3 Å². The van der Waals surface area contributed by atoms with Crippen molar-refractivity contribution in [3.05, 3.63) is 78.6 Å². The van der Waals surface area contributed by atoms with E-state index < -0.39 is 0 Å². The molecule has 0 saturated carbocycles. The van der Waals surface area contributed by atoms with Gasteiger partial charge in [0.1, 0.15) is 12.1 Å². The number of hydrogen-bond acceptors (Lipinski definition) is 5. The molecular formula is C25H24N4O. The molecule has 1 saturated heterocycles. The number of fused-ring (bicyclic) bond motifs is 1. The zero-order valence-corrected chi connectivity index (χ0v) is 17.0. The first-order chi connectivity index (χ1) is 14.8. The lowest BCUT2D eigenvalue weighted by Crippen LogP contribution is -2.36. The van der Waals surface area contributed by atoms with Crippen molar-refractivity contribution in [3.8, 4) is 11.1 Å². The smallest absolute Gasteiger partial charge is 0.141 e. The van der Waals surface area contributed by atoms with Gasteiger partial charge in [0.2, 0.25) is 0 Å². The summed E-state index contributed by atoms with van der Waals surface area (Å²) in [6.45, 7) is 5.58. The molecule has 1 fully saturated rings. The van der Waals surface area contributed by atoms with Gasteiger partial charge in [-0.2, -0.15) is 0 Å². The molecule has 3 aromatic carbocycles. The van der Waals surface area contributed by atoms with Crippen molar-refractivity contribution in [3.63, 3.8) is 0 Å². The molecule has 1 aromatic heterocycles. The lowest BCUT2D eigenvalue weighted by atomic mass is 9.99. The van der Waals surface area contributed by atoms with E-state index >= 15 is 0 Å². The van der Waals surface area contributed by atoms with Crippen LogP contribution >= 0.6 is 0 Å². The molecule has 0 amide bonds. The highest BCUT2D eigenvalue weighted by molar-refractivity contribution is 5.94. The maximum Gasteiger partial charge on any atom is 0.141 e. The quantitative estimate of drug-likeness (QED) is 0.515. The highest BCUT2D eigenvalue weighted by Crippen LogP contribution is 2.30. The van der Waals surface area contributed by atoms with Gasteiger partial charge in [-0.25, -0.2) is 9.97 Å². The van der Waals surface area contributed by atoms with E-state index in [1.165, 1.54) is 22.4 Å². The summed E-state index contributed by atoms with van der Waals surface area (Å²) in [4.78, 5) is 11.3. The van der Waals surface area contributed by atoms with Crippen LogP contribution in [0.25, 0.3) is 22.0 Å². The summed E-state index contributed by atoms with van der Waals surface area (Å²) < 4.78 is 5.45. The summed E-state index contributed by atoms with van der Waals surface area (Å²) in [7, 11) is 0. The van der Waals surface area contributed by atoms with E-state index in [9.17, 15) is 0 Å². The Morgan fingerprint density at radius 3 is 2.50 bits per heavy atom. The van der Waals surface area contributed by atoms with E-state index in [0.717, 1.165) is 48.7 Å². The van der Waals surface area contributed by atoms with Gasteiger partial charge < -0.3 is 15.0 Å². The van der Waals surface area contributed by atoms with Crippen molar-refractivity contribution in [1.29, 1.82) is 0 Å². The number of ether oxygens (including phenoxy) is 1. The van der Waals surface area contributed by atoms with Gasteiger partial charge in [-0.05, 0) is 60.0 Å². The summed E-state index contributed by atoms with van der Waals surface area (Å²) in [5, 5.41) is 4.49. The Morgan fingerprint density at radius 1 is 0.900 bits per heavy atom. The molecule has 5 heteroatoms. The predicted molar refractivity (Wildman–Crippen MR) is 122 cm³/mol. The van der Waals surface area contributed by atoms with Crippen molar-refractivity contribution in [2.24, 2.45) is 0 Å². The largest absolute Gasteiger partial charge is 0.378 e. The van der Waals surface area contributed by atoms with Gasteiger partial charge in [-0.15, -0.1) is 0 Å². The van der Waals surface area contributed by atoms with Crippen LogP contribution in [0, 0.1) is 6.92 Å². The van der Waals surface area contributed by atoms with Gasteiger partial charge >= 0.3 is 0 Å². The van der Waals surface area contributed by atoms with E-state index in [1.54, 1.807) is 6.33 Å². The average molecular weight is 396 g/mol. The minimum absolute atomic E-state index is 0.788. The number of benzene rings is 3. The van der Waals surface area contributed by atoms with Gasteiger partial charge in [0.05, 0.1) is 18.7 Å². The summed E-state index contributed by atoms with van der Waals surface area (Å²) in [5.41, 5.74) is 6.80. The zero-order chi connectivity index (χ0) is 20.3. The third-order valence-electron chi connectivity index (χ3n) is 5.60. The predicted octanol–water partition coefficient (Wildman–Crippen LogP) is 5.19. The minimum Gasteiger partial charge on any atom is -0.378 e. The van der Waals surface area contributed by atoms with Crippen LogP contribution in [0.4, 0.5) is 17.2 Å². The maximum atomic E-state index is 5.45. The normalized spacial score (nSPS) is 14.1. The van der Waals surface area contributed by atoms with Crippen LogP contribution in [-0.2, 0) is 4.74 Å². The molecular weight excluding hydrogens is 372 g/mol. The number of nitrogens with one attached hydrogen (secondary N) is 1. The van der Waals surface area contributed by atoms with Crippen LogP contribution < -0.4 is 10.2 Å². The van der Waals surface area contributed by atoms with Crippen molar-refractivity contribution >= 4 is 28.1 Å². The molecule has 4 aromatic rings. The molecule has 5 rings (SSSR count). The molecule has 30 heavy (non-hydrogen) atoms. The first kappa shape index (κ1) is 18.6. The molecule has 1 aliphatic heterocycles. The van der Waals surface area contributed by atoms with Crippen molar-refractivity contribution in [2.75, 3.05) is 36.5 Å². The van der Waals surface area contributed by atoms with Gasteiger partial charge in [-0.1, -0.05) is 30.3 Å². The Kier molecular flexibility index (Phi) is 5.03. The van der Waals surface area contributed by atoms with E-state index in [1.807, 2.05) is 0 Å². The van der Waals surface area contributed by atoms with Crippen LogP contribution in [0.5, 0.6) is 0 Å². The number of aromatic nitrogens is 2. The number of nitrogens with zero attached hydrogens (tertiary/aromatic N) is 3. The van der Waals surface area contributed by atoms with Crippen LogP contribution in [0.3, 0.4) is 0 Å². The minimum atomic E-state index is 0.788. The second-order valence-electron chi connectivity index (χ2n) is 7.54. The van der Waals surface area contributed by atoms with Gasteiger partial charge in [-0.3, -0.25) is 0 Å². The van der Waals surface area contributed by atoms with E-state index in [4.69, 9.17) is 4.74 Å². The molecule has 0 spiro atoms. The molecule has 0 bridgehead atoms. The Morgan fingerprint density at radius 2 is 1.70 bits per heavy atom. The number of anilines is 3. The van der Waals surface area contributed by atoms with E-state index in [0.29, 0.717) is 0 Å². The summed E-state index contributed by atoms with van der Waals surface area (Å²) >= 11 is 0. The fraction of sp³-hybridized carbons (Fsp3) is 0.200. The molecule has 0 unspecified atom stereocenters.